The number of hydrogen-bond acceptors (Lipinski definition) is 6. The monoisotopic (exact) mass is 378 g/mol. The number of carbonyl (C=O) groups excluding carboxylic acids is 1. The van der Waals surface area contributed by atoms with Crippen LogP contribution >= 0.6 is 0 Å². The normalized spacial score (nSPS) is 10.8. The second-order valence-corrected chi connectivity index (χ2v) is 6.03. The summed E-state index contributed by atoms with van der Waals surface area (Å²) in [7, 11) is 4.50. The summed E-state index contributed by atoms with van der Waals surface area (Å²) in [5, 5.41) is 0.969. The summed E-state index contributed by atoms with van der Waals surface area (Å²) in [6.07, 6.45) is 3.16. The molecule has 0 radical (unpaired) electrons. The van der Waals surface area contributed by atoms with E-state index in [0.29, 0.717) is 28.7 Å². The SMILES string of the molecule is COc1cc(C(=O)c2coc(-c3c[nH]c4ccccc34)n2)cc(OC)c1OC. The molecule has 0 amide bonds. The Morgan fingerprint density at radius 1 is 1.04 bits per heavy atom. The molecule has 4 aromatic rings. The lowest BCUT2D eigenvalue weighted by atomic mass is 10.1. The molecule has 0 aliphatic carbocycles. The number of hydrogen-bond donors (Lipinski definition) is 1. The molecule has 0 atom stereocenters. The number of ketones is 1. The smallest absolute Gasteiger partial charge is 0.228 e. The third-order valence-electron chi connectivity index (χ3n) is 4.48. The molecule has 4 rings (SSSR count). The third-order valence-corrected chi connectivity index (χ3v) is 4.48. The number of nitrogens with one attached hydrogen (secondary N) is 1. The molecule has 0 aliphatic heterocycles. The number of carbonyl (C=O) groups is 1. The Kier molecular flexibility index (Phi) is 4.49. The van der Waals surface area contributed by atoms with Crippen molar-refractivity contribution in [3.8, 4) is 28.7 Å². The van der Waals surface area contributed by atoms with E-state index in [9.17, 15) is 4.79 Å². The lowest BCUT2D eigenvalue weighted by molar-refractivity contribution is 0.103. The first-order valence-corrected chi connectivity index (χ1v) is 8.53. The fourth-order valence-corrected chi connectivity index (χ4v) is 3.11. The number of ether oxygens (including phenoxy) is 3. The molecule has 0 unspecified atom stereocenters. The van der Waals surface area contributed by atoms with Crippen LogP contribution in [0.3, 0.4) is 0 Å². The van der Waals surface area contributed by atoms with Gasteiger partial charge in [-0.1, -0.05) is 18.2 Å². The van der Waals surface area contributed by atoms with Crippen molar-refractivity contribution >= 4 is 16.7 Å². The van der Waals surface area contributed by atoms with E-state index in [1.807, 2.05) is 30.5 Å². The topological polar surface area (TPSA) is 86.6 Å². The van der Waals surface area contributed by atoms with Gasteiger partial charge in [0.2, 0.25) is 17.4 Å². The minimum atomic E-state index is -0.311. The lowest BCUT2D eigenvalue weighted by Gasteiger charge is -2.13. The zero-order valence-corrected chi connectivity index (χ0v) is 15.6. The number of benzene rings is 2. The number of aromatic amines is 1. The Balaban J connectivity index is 1.72. The van der Waals surface area contributed by atoms with Crippen molar-refractivity contribution in [2.75, 3.05) is 21.3 Å². The maximum absolute atomic E-state index is 12.9. The highest BCUT2D eigenvalue weighted by molar-refractivity contribution is 6.08. The highest BCUT2D eigenvalue weighted by Crippen LogP contribution is 2.38. The van der Waals surface area contributed by atoms with Crippen LogP contribution in [0.5, 0.6) is 17.2 Å². The molecule has 0 spiro atoms. The van der Waals surface area contributed by atoms with Crippen LogP contribution in [0.2, 0.25) is 0 Å². The van der Waals surface area contributed by atoms with Gasteiger partial charge in [0, 0.05) is 22.7 Å². The number of fused-ring (bicyclic) bond motifs is 1. The Morgan fingerprint density at radius 3 is 2.43 bits per heavy atom. The molecule has 7 nitrogen and oxygen atoms in total. The van der Waals surface area contributed by atoms with Crippen LogP contribution in [-0.4, -0.2) is 37.1 Å². The molecule has 2 aromatic carbocycles. The molecule has 1 N–H and O–H groups in total. The van der Waals surface area contributed by atoms with Gasteiger partial charge in [-0.15, -0.1) is 0 Å². The average Bonchev–Trinajstić information content (AvgIpc) is 3.38. The van der Waals surface area contributed by atoms with Crippen molar-refractivity contribution in [2.24, 2.45) is 0 Å². The summed E-state index contributed by atoms with van der Waals surface area (Å²) in [5.41, 5.74) is 2.30. The molecule has 2 heterocycles. The Morgan fingerprint density at radius 2 is 1.75 bits per heavy atom. The minimum absolute atomic E-state index is 0.189. The third kappa shape index (κ3) is 2.87. The van der Waals surface area contributed by atoms with Gasteiger partial charge in [0.1, 0.15) is 6.26 Å². The number of aromatic nitrogens is 2. The van der Waals surface area contributed by atoms with Crippen LogP contribution in [-0.2, 0) is 0 Å². The van der Waals surface area contributed by atoms with E-state index >= 15 is 0 Å². The number of nitrogens with zero attached hydrogens (tertiary/aromatic N) is 1. The van der Waals surface area contributed by atoms with Crippen molar-refractivity contribution in [2.45, 2.75) is 0 Å². The second kappa shape index (κ2) is 7.11. The van der Waals surface area contributed by atoms with Gasteiger partial charge in [-0.05, 0) is 18.2 Å². The standard InChI is InChI=1S/C21H18N2O5/c1-25-17-8-12(9-18(26-2)20(17)27-3)19(24)16-11-28-21(23-16)14-10-22-15-7-5-4-6-13(14)15/h4-11,22H,1-3H3. The molecule has 0 aliphatic rings. The highest BCUT2D eigenvalue weighted by atomic mass is 16.5. The minimum Gasteiger partial charge on any atom is -0.493 e. The van der Waals surface area contributed by atoms with Crippen molar-refractivity contribution in [3.05, 3.63) is 60.1 Å². The summed E-state index contributed by atoms with van der Waals surface area (Å²) in [6, 6.07) is 11.0. The van der Waals surface area contributed by atoms with E-state index in [1.165, 1.54) is 27.6 Å². The predicted molar refractivity (Wildman–Crippen MR) is 103 cm³/mol. The molecule has 0 fully saturated rings. The van der Waals surface area contributed by atoms with E-state index in [4.69, 9.17) is 18.6 Å². The van der Waals surface area contributed by atoms with Crippen molar-refractivity contribution in [3.63, 3.8) is 0 Å². The molecule has 7 heteroatoms. The van der Waals surface area contributed by atoms with Gasteiger partial charge in [0.25, 0.3) is 0 Å². The van der Waals surface area contributed by atoms with E-state index in [-0.39, 0.29) is 11.5 Å². The molecule has 0 saturated carbocycles. The first-order valence-electron chi connectivity index (χ1n) is 8.53. The van der Waals surface area contributed by atoms with Crippen LogP contribution < -0.4 is 14.2 Å². The number of oxazole rings is 1. The second-order valence-electron chi connectivity index (χ2n) is 6.03. The van der Waals surface area contributed by atoms with E-state index in [2.05, 4.69) is 9.97 Å². The van der Waals surface area contributed by atoms with Gasteiger partial charge >= 0.3 is 0 Å². The molecule has 28 heavy (non-hydrogen) atoms. The Bertz CT molecular complexity index is 1130. The van der Waals surface area contributed by atoms with Gasteiger partial charge < -0.3 is 23.6 Å². The molecule has 142 valence electrons. The molecule has 0 bridgehead atoms. The number of para-hydroxylation sites is 1. The van der Waals surface area contributed by atoms with Crippen LogP contribution in [0.25, 0.3) is 22.4 Å². The largest absolute Gasteiger partial charge is 0.493 e. The zero-order valence-electron chi connectivity index (χ0n) is 15.6. The summed E-state index contributed by atoms with van der Waals surface area (Å²) in [4.78, 5) is 20.5. The summed E-state index contributed by atoms with van der Waals surface area (Å²) in [6.45, 7) is 0. The van der Waals surface area contributed by atoms with Crippen LogP contribution in [0.4, 0.5) is 0 Å². The van der Waals surface area contributed by atoms with Crippen LogP contribution in [0, 0.1) is 0 Å². The number of methoxy groups -OCH3 is 3. The van der Waals surface area contributed by atoms with E-state index < -0.39 is 0 Å². The number of rotatable bonds is 6. The quantitative estimate of drug-likeness (QED) is 0.509. The van der Waals surface area contributed by atoms with Gasteiger partial charge in [-0.25, -0.2) is 4.98 Å². The van der Waals surface area contributed by atoms with Crippen molar-refractivity contribution < 1.29 is 23.4 Å². The molecular weight excluding hydrogens is 360 g/mol. The van der Waals surface area contributed by atoms with E-state index in [0.717, 1.165) is 16.5 Å². The molecule has 2 aromatic heterocycles. The Labute approximate surface area is 160 Å². The van der Waals surface area contributed by atoms with Gasteiger partial charge in [-0.3, -0.25) is 4.79 Å². The zero-order chi connectivity index (χ0) is 19.7. The fraction of sp³-hybridized carbons (Fsp3) is 0.143. The highest BCUT2D eigenvalue weighted by Gasteiger charge is 2.21. The van der Waals surface area contributed by atoms with Crippen molar-refractivity contribution in [1.29, 1.82) is 0 Å². The van der Waals surface area contributed by atoms with E-state index in [1.54, 1.807) is 12.1 Å². The molecule has 0 saturated heterocycles. The van der Waals surface area contributed by atoms with Gasteiger partial charge in [-0.2, -0.15) is 0 Å². The lowest BCUT2D eigenvalue weighted by Crippen LogP contribution is -2.04. The summed E-state index contributed by atoms with van der Waals surface area (Å²) < 4.78 is 21.5. The predicted octanol–water partition coefficient (Wildman–Crippen LogP) is 4.08. The summed E-state index contributed by atoms with van der Waals surface area (Å²) >= 11 is 0. The average molecular weight is 378 g/mol. The maximum atomic E-state index is 12.9. The van der Waals surface area contributed by atoms with Gasteiger partial charge in [0.05, 0.1) is 26.9 Å². The first-order chi connectivity index (χ1) is 13.7. The van der Waals surface area contributed by atoms with Crippen LogP contribution in [0.1, 0.15) is 16.1 Å². The fourth-order valence-electron chi connectivity index (χ4n) is 3.11. The summed E-state index contributed by atoms with van der Waals surface area (Å²) in [5.74, 6) is 1.26. The Hall–Kier alpha value is -3.74. The van der Waals surface area contributed by atoms with Crippen LogP contribution in [0.15, 0.2) is 53.3 Å². The maximum Gasteiger partial charge on any atom is 0.228 e. The molecular formula is C21H18N2O5. The van der Waals surface area contributed by atoms with Gasteiger partial charge in [0.15, 0.2) is 17.2 Å². The number of H-pyrrole nitrogens is 1. The first kappa shape index (κ1) is 17.7. The van der Waals surface area contributed by atoms with Crippen molar-refractivity contribution in [1.82, 2.24) is 9.97 Å².